The predicted octanol–water partition coefficient (Wildman–Crippen LogP) is 3.55. The molecule has 0 saturated heterocycles. The van der Waals surface area contributed by atoms with Crippen LogP contribution in [0.15, 0.2) is 24.3 Å². The van der Waals surface area contributed by atoms with E-state index < -0.39 is 11.6 Å². The number of fused-ring (bicyclic) bond motifs is 3. The lowest BCUT2D eigenvalue weighted by Gasteiger charge is -2.36. The van der Waals surface area contributed by atoms with E-state index in [1.54, 1.807) is 11.3 Å². The van der Waals surface area contributed by atoms with Crippen molar-refractivity contribution in [1.29, 1.82) is 0 Å². The maximum absolute atomic E-state index is 11.2. The fraction of sp³-hybridized carbons (Fsp3) is 0.400. The Morgan fingerprint density at radius 3 is 3.00 bits per heavy atom. The summed E-state index contributed by atoms with van der Waals surface area (Å²) in [6.45, 7) is 2.62. The van der Waals surface area contributed by atoms with Crippen LogP contribution in [-0.2, 0) is 21.6 Å². The number of carboxylic acid groups (broad SMARTS) is 1. The minimum absolute atomic E-state index is 0.0389. The van der Waals surface area contributed by atoms with Crippen LogP contribution < -0.4 is 0 Å². The molecule has 0 spiro atoms. The van der Waals surface area contributed by atoms with E-state index in [4.69, 9.17) is 4.74 Å². The fourth-order valence-electron chi connectivity index (χ4n) is 2.97. The van der Waals surface area contributed by atoms with Gasteiger partial charge in [-0.05, 0) is 17.9 Å². The van der Waals surface area contributed by atoms with Crippen LogP contribution in [0.3, 0.4) is 0 Å². The van der Waals surface area contributed by atoms with Crippen molar-refractivity contribution < 1.29 is 14.6 Å². The number of rotatable bonds is 3. The van der Waals surface area contributed by atoms with Crippen molar-refractivity contribution in [1.82, 2.24) is 0 Å². The lowest BCUT2D eigenvalue weighted by atomic mass is 9.83. The largest absolute Gasteiger partial charge is 0.481 e. The van der Waals surface area contributed by atoms with Gasteiger partial charge in [0.1, 0.15) is 5.60 Å². The van der Waals surface area contributed by atoms with Crippen LogP contribution in [0.25, 0.3) is 10.1 Å². The Hall–Kier alpha value is -1.39. The van der Waals surface area contributed by atoms with Crippen molar-refractivity contribution in [3.8, 4) is 0 Å². The Balaban J connectivity index is 2.24. The fourth-order valence-corrected chi connectivity index (χ4v) is 4.25. The Kier molecular flexibility index (Phi) is 3.07. The topological polar surface area (TPSA) is 46.5 Å². The molecular weight excluding hydrogens is 260 g/mol. The van der Waals surface area contributed by atoms with Crippen LogP contribution in [0, 0.1) is 0 Å². The Labute approximate surface area is 115 Å². The summed E-state index contributed by atoms with van der Waals surface area (Å²) in [5.74, 6) is -0.801. The Morgan fingerprint density at radius 2 is 2.26 bits per heavy atom. The molecule has 0 amide bonds. The van der Waals surface area contributed by atoms with E-state index in [1.807, 2.05) is 19.1 Å². The summed E-state index contributed by atoms with van der Waals surface area (Å²) in [5, 5.41) is 10.4. The maximum atomic E-state index is 11.2. The zero-order valence-corrected chi connectivity index (χ0v) is 11.6. The number of carboxylic acids is 1. The molecule has 0 saturated carbocycles. The van der Waals surface area contributed by atoms with Gasteiger partial charge in [0.2, 0.25) is 0 Å². The van der Waals surface area contributed by atoms with Crippen molar-refractivity contribution >= 4 is 27.4 Å². The van der Waals surface area contributed by atoms with Crippen molar-refractivity contribution in [3.05, 3.63) is 34.7 Å². The SMILES string of the molecule is CCC1(CC(=O)O)OCCc2sc3ccccc3c21. The predicted molar refractivity (Wildman–Crippen MR) is 75.7 cm³/mol. The Bertz CT molecular complexity index is 631. The van der Waals surface area contributed by atoms with E-state index in [-0.39, 0.29) is 6.42 Å². The van der Waals surface area contributed by atoms with Crippen LogP contribution in [0.4, 0.5) is 0 Å². The van der Waals surface area contributed by atoms with E-state index in [1.165, 1.54) is 9.58 Å². The zero-order valence-electron chi connectivity index (χ0n) is 10.8. The van der Waals surface area contributed by atoms with Gasteiger partial charge in [0.05, 0.1) is 13.0 Å². The van der Waals surface area contributed by atoms with Gasteiger partial charge in [0.15, 0.2) is 0 Å². The zero-order chi connectivity index (χ0) is 13.5. The molecule has 0 radical (unpaired) electrons. The highest BCUT2D eigenvalue weighted by molar-refractivity contribution is 7.19. The van der Waals surface area contributed by atoms with Crippen molar-refractivity contribution in [2.45, 2.75) is 31.8 Å². The second-order valence-electron chi connectivity index (χ2n) is 4.91. The highest BCUT2D eigenvalue weighted by atomic mass is 32.1. The molecule has 1 atom stereocenters. The quantitative estimate of drug-likeness (QED) is 0.932. The third-order valence-electron chi connectivity index (χ3n) is 3.84. The molecule has 2 aromatic rings. The van der Waals surface area contributed by atoms with Crippen LogP contribution >= 0.6 is 11.3 Å². The molecule has 19 heavy (non-hydrogen) atoms. The highest BCUT2D eigenvalue weighted by Crippen LogP contribution is 2.46. The number of hydrogen-bond acceptors (Lipinski definition) is 3. The van der Waals surface area contributed by atoms with Crippen LogP contribution in [-0.4, -0.2) is 17.7 Å². The summed E-state index contributed by atoms with van der Waals surface area (Å²) in [4.78, 5) is 12.5. The summed E-state index contributed by atoms with van der Waals surface area (Å²) < 4.78 is 7.17. The monoisotopic (exact) mass is 276 g/mol. The number of ether oxygens (including phenoxy) is 1. The molecule has 1 unspecified atom stereocenters. The third-order valence-corrected chi connectivity index (χ3v) is 5.07. The first-order chi connectivity index (χ1) is 9.16. The molecule has 0 aliphatic carbocycles. The van der Waals surface area contributed by atoms with Crippen molar-refractivity contribution in [2.24, 2.45) is 0 Å². The van der Waals surface area contributed by atoms with E-state index in [9.17, 15) is 9.90 Å². The van der Waals surface area contributed by atoms with Gasteiger partial charge in [-0.3, -0.25) is 4.79 Å². The number of thiophene rings is 1. The molecule has 100 valence electrons. The summed E-state index contributed by atoms with van der Waals surface area (Å²) in [7, 11) is 0. The van der Waals surface area contributed by atoms with E-state index >= 15 is 0 Å². The van der Waals surface area contributed by atoms with Gasteiger partial charge >= 0.3 is 5.97 Å². The van der Waals surface area contributed by atoms with Gasteiger partial charge in [-0.25, -0.2) is 0 Å². The first-order valence-corrected chi connectivity index (χ1v) is 7.34. The maximum Gasteiger partial charge on any atom is 0.306 e. The third kappa shape index (κ3) is 1.95. The summed E-state index contributed by atoms with van der Waals surface area (Å²) >= 11 is 1.77. The minimum atomic E-state index is -0.801. The first-order valence-electron chi connectivity index (χ1n) is 6.53. The van der Waals surface area contributed by atoms with E-state index in [2.05, 4.69) is 12.1 Å². The highest BCUT2D eigenvalue weighted by Gasteiger charge is 2.40. The van der Waals surface area contributed by atoms with Gasteiger partial charge in [-0.1, -0.05) is 25.1 Å². The minimum Gasteiger partial charge on any atom is -0.481 e. The molecule has 4 heteroatoms. The Morgan fingerprint density at radius 1 is 1.47 bits per heavy atom. The smallest absolute Gasteiger partial charge is 0.306 e. The summed E-state index contributed by atoms with van der Waals surface area (Å²) in [6.07, 6.45) is 1.61. The second kappa shape index (κ2) is 4.62. The molecule has 2 heterocycles. The number of benzene rings is 1. The number of carbonyl (C=O) groups is 1. The molecular formula is C15H16O3S. The molecule has 0 bridgehead atoms. The lowest BCUT2D eigenvalue weighted by Crippen LogP contribution is -2.36. The molecule has 3 nitrogen and oxygen atoms in total. The molecule has 1 N–H and O–H groups in total. The molecule has 1 aromatic heterocycles. The average Bonchev–Trinajstić information content (AvgIpc) is 2.77. The van der Waals surface area contributed by atoms with Crippen LogP contribution in [0.5, 0.6) is 0 Å². The molecule has 3 rings (SSSR count). The summed E-state index contributed by atoms with van der Waals surface area (Å²) in [6, 6.07) is 8.20. The van der Waals surface area contributed by atoms with Gasteiger partial charge in [0, 0.05) is 21.6 Å². The van der Waals surface area contributed by atoms with Gasteiger partial charge in [-0.2, -0.15) is 0 Å². The lowest BCUT2D eigenvalue weighted by molar-refractivity contribution is -0.148. The second-order valence-corrected chi connectivity index (χ2v) is 6.05. The molecule has 1 aromatic carbocycles. The average molecular weight is 276 g/mol. The standard InChI is InChI=1S/C15H16O3S/c1-2-15(9-13(16)17)14-10-5-3-4-6-11(10)19-12(14)7-8-18-15/h3-6H,2,7-9H2,1H3,(H,16,17). The van der Waals surface area contributed by atoms with Gasteiger partial charge in [0.25, 0.3) is 0 Å². The van der Waals surface area contributed by atoms with Crippen LogP contribution in [0.1, 0.15) is 30.2 Å². The van der Waals surface area contributed by atoms with E-state index in [0.29, 0.717) is 13.0 Å². The van der Waals surface area contributed by atoms with E-state index in [0.717, 1.165) is 17.4 Å². The van der Waals surface area contributed by atoms with Gasteiger partial charge in [-0.15, -0.1) is 11.3 Å². The number of hydrogen-bond donors (Lipinski definition) is 1. The van der Waals surface area contributed by atoms with Crippen LogP contribution in [0.2, 0.25) is 0 Å². The molecule has 1 aliphatic heterocycles. The van der Waals surface area contributed by atoms with Gasteiger partial charge < -0.3 is 9.84 Å². The van der Waals surface area contributed by atoms with Crippen molar-refractivity contribution in [3.63, 3.8) is 0 Å². The number of aliphatic carboxylic acids is 1. The van der Waals surface area contributed by atoms with Crippen molar-refractivity contribution in [2.75, 3.05) is 6.61 Å². The molecule has 1 aliphatic rings. The first kappa shape index (κ1) is 12.6. The summed E-state index contributed by atoms with van der Waals surface area (Å²) in [5.41, 5.74) is 0.461. The normalized spacial score (nSPS) is 22.4. The molecule has 0 fully saturated rings.